The summed E-state index contributed by atoms with van der Waals surface area (Å²) in [6, 6.07) is 6.68. The van der Waals surface area contributed by atoms with Gasteiger partial charge in [-0.25, -0.2) is 4.39 Å². The lowest BCUT2D eigenvalue weighted by molar-refractivity contribution is -0.132. The van der Waals surface area contributed by atoms with Crippen LogP contribution < -0.4 is 5.32 Å². The van der Waals surface area contributed by atoms with Crippen LogP contribution in [-0.2, 0) is 16.0 Å². The number of amides is 1. The second-order valence-electron chi connectivity index (χ2n) is 6.88. The summed E-state index contributed by atoms with van der Waals surface area (Å²) in [6.07, 6.45) is 4.12. The Morgan fingerprint density at radius 3 is 2.70 bits per heavy atom. The molecule has 0 aliphatic carbocycles. The fourth-order valence-corrected chi connectivity index (χ4v) is 3.75. The standard InChI is InChI=1S/C18H25FN2O2/c1-20-12-17(22)21-8-6-18(7-9-21)11-16(23-13-18)10-14-2-4-15(19)5-3-14/h2-5,16,20H,6-13H2,1H3. The van der Waals surface area contributed by atoms with Crippen LogP contribution in [0.1, 0.15) is 24.8 Å². The van der Waals surface area contributed by atoms with Crippen molar-refractivity contribution in [3.05, 3.63) is 35.6 Å². The molecule has 1 aromatic carbocycles. The van der Waals surface area contributed by atoms with Gasteiger partial charge in [-0.2, -0.15) is 0 Å². The zero-order chi connectivity index (χ0) is 16.3. The molecule has 2 saturated heterocycles. The van der Waals surface area contributed by atoms with E-state index in [2.05, 4.69) is 5.32 Å². The Balaban J connectivity index is 1.51. The van der Waals surface area contributed by atoms with E-state index in [9.17, 15) is 9.18 Å². The Morgan fingerprint density at radius 1 is 1.35 bits per heavy atom. The molecule has 5 heteroatoms. The van der Waals surface area contributed by atoms with E-state index in [0.717, 1.165) is 50.9 Å². The molecule has 1 amide bonds. The molecule has 4 nitrogen and oxygen atoms in total. The smallest absolute Gasteiger partial charge is 0.236 e. The molecule has 0 saturated carbocycles. The van der Waals surface area contributed by atoms with E-state index in [1.54, 1.807) is 7.05 Å². The van der Waals surface area contributed by atoms with Crippen LogP contribution in [0.5, 0.6) is 0 Å². The summed E-state index contributed by atoms with van der Waals surface area (Å²) in [7, 11) is 1.80. The Kier molecular flexibility index (Phi) is 4.97. The first-order valence-corrected chi connectivity index (χ1v) is 8.39. The normalized spacial score (nSPS) is 23.4. The number of halogens is 1. The SMILES string of the molecule is CNCC(=O)N1CCC2(CC1)COC(Cc1ccc(F)cc1)C2. The third kappa shape index (κ3) is 3.90. The molecule has 1 atom stereocenters. The van der Waals surface area contributed by atoms with Gasteiger partial charge in [-0.15, -0.1) is 0 Å². The molecule has 1 spiro atoms. The number of piperidine rings is 1. The zero-order valence-electron chi connectivity index (χ0n) is 13.7. The highest BCUT2D eigenvalue weighted by Crippen LogP contribution is 2.42. The molecule has 0 bridgehead atoms. The Morgan fingerprint density at radius 2 is 2.04 bits per heavy atom. The summed E-state index contributed by atoms with van der Waals surface area (Å²) in [5, 5.41) is 2.92. The van der Waals surface area contributed by atoms with Gasteiger partial charge in [-0.3, -0.25) is 4.79 Å². The van der Waals surface area contributed by atoms with Gasteiger partial charge in [0.05, 0.1) is 19.3 Å². The quantitative estimate of drug-likeness (QED) is 0.922. The number of carbonyl (C=O) groups excluding carboxylic acids is 1. The van der Waals surface area contributed by atoms with Crippen molar-refractivity contribution >= 4 is 5.91 Å². The van der Waals surface area contributed by atoms with Crippen LogP contribution in [-0.4, -0.2) is 50.2 Å². The minimum Gasteiger partial charge on any atom is -0.377 e. The van der Waals surface area contributed by atoms with E-state index >= 15 is 0 Å². The van der Waals surface area contributed by atoms with Crippen molar-refractivity contribution in [1.82, 2.24) is 10.2 Å². The van der Waals surface area contributed by atoms with Gasteiger partial charge in [-0.05, 0) is 55.8 Å². The molecule has 1 unspecified atom stereocenters. The number of likely N-dealkylation sites (N-methyl/N-ethyl adjacent to an activating group) is 1. The molecule has 2 aliphatic rings. The topological polar surface area (TPSA) is 41.6 Å². The first-order chi connectivity index (χ1) is 11.1. The fraction of sp³-hybridized carbons (Fsp3) is 0.611. The van der Waals surface area contributed by atoms with Gasteiger partial charge < -0.3 is 15.0 Å². The van der Waals surface area contributed by atoms with Crippen LogP contribution in [0, 0.1) is 11.2 Å². The predicted octanol–water partition coefficient (Wildman–Crippen LogP) is 1.99. The largest absolute Gasteiger partial charge is 0.377 e. The molecule has 0 aromatic heterocycles. The Hall–Kier alpha value is -1.46. The summed E-state index contributed by atoms with van der Waals surface area (Å²) >= 11 is 0. The van der Waals surface area contributed by atoms with Gasteiger partial charge in [0.15, 0.2) is 0 Å². The number of nitrogens with one attached hydrogen (secondary N) is 1. The molecule has 126 valence electrons. The van der Waals surface area contributed by atoms with E-state index in [1.165, 1.54) is 12.1 Å². The van der Waals surface area contributed by atoms with Crippen molar-refractivity contribution in [3.63, 3.8) is 0 Å². The third-order valence-electron chi connectivity index (χ3n) is 5.17. The van der Waals surface area contributed by atoms with Gasteiger partial charge in [0, 0.05) is 13.1 Å². The second-order valence-corrected chi connectivity index (χ2v) is 6.88. The number of nitrogens with zero attached hydrogens (tertiary/aromatic N) is 1. The minimum atomic E-state index is -0.198. The monoisotopic (exact) mass is 320 g/mol. The van der Waals surface area contributed by atoms with Gasteiger partial charge >= 0.3 is 0 Å². The maximum atomic E-state index is 13.0. The van der Waals surface area contributed by atoms with Crippen LogP contribution in [0.4, 0.5) is 4.39 Å². The van der Waals surface area contributed by atoms with Gasteiger partial charge in [-0.1, -0.05) is 12.1 Å². The van der Waals surface area contributed by atoms with Crippen LogP contribution in [0.15, 0.2) is 24.3 Å². The molecule has 0 radical (unpaired) electrons. The lowest BCUT2D eigenvalue weighted by Crippen LogP contribution is -2.46. The molecule has 2 aliphatic heterocycles. The maximum absolute atomic E-state index is 13.0. The molecule has 2 fully saturated rings. The molecule has 2 heterocycles. The second kappa shape index (κ2) is 6.97. The summed E-state index contributed by atoms with van der Waals surface area (Å²) in [5.41, 5.74) is 1.34. The average molecular weight is 320 g/mol. The van der Waals surface area contributed by atoms with Crippen molar-refractivity contribution in [2.24, 2.45) is 5.41 Å². The van der Waals surface area contributed by atoms with Crippen LogP contribution in [0.3, 0.4) is 0 Å². The minimum absolute atomic E-state index is 0.184. The van der Waals surface area contributed by atoms with E-state index in [1.807, 2.05) is 17.0 Å². The van der Waals surface area contributed by atoms with Crippen molar-refractivity contribution < 1.29 is 13.9 Å². The number of ether oxygens (including phenoxy) is 1. The highest BCUT2D eigenvalue weighted by atomic mass is 19.1. The lowest BCUT2D eigenvalue weighted by Gasteiger charge is -2.38. The van der Waals surface area contributed by atoms with Gasteiger partial charge in [0.25, 0.3) is 0 Å². The fourth-order valence-electron chi connectivity index (χ4n) is 3.75. The number of benzene rings is 1. The van der Waals surface area contributed by atoms with Crippen molar-refractivity contribution in [3.8, 4) is 0 Å². The summed E-state index contributed by atoms with van der Waals surface area (Å²) in [6.45, 7) is 2.85. The average Bonchev–Trinajstić information content (AvgIpc) is 2.93. The maximum Gasteiger partial charge on any atom is 0.236 e. The van der Waals surface area contributed by atoms with Crippen molar-refractivity contribution in [2.45, 2.75) is 31.8 Å². The summed E-state index contributed by atoms with van der Waals surface area (Å²) < 4.78 is 19.0. The molecule has 1 aromatic rings. The Bertz CT molecular complexity index is 538. The number of hydrogen-bond acceptors (Lipinski definition) is 3. The van der Waals surface area contributed by atoms with Crippen LogP contribution in [0.2, 0.25) is 0 Å². The van der Waals surface area contributed by atoms with E-state index in [4.69, 9.17) is 4.74 Å². The summed E-state index contributed by atoms with van der Waals surface area (Å²) in [5.74, 6) is -0.0136. The highest BCUT2D eigenvalue weighted by Gasteiger charge is 2.42. The predicted molar refractivity (Wildman–Crippen MR) is 86.6 cm³/mol. The van der Waals surface area contributed by atoms with Gasteiger partial charge in [0.2, 0.25) is 5.91 Å². The van der Waals surface area contributed by atoms with Crippen LogP contribution in [0.25, 0.3) is 0 Å². The highest BCUT2D eigenvalue weighted by molar-refractivity contribution is 5.78. The molecule has 23 heavy (non-hydrogen) atoms. The molecule has 1 N–H and O–H groups in total. The van der Waals surface area contributed by atoms with E-state index in [0.29, 0.717) is 6.54 Å². The van der Waals surface area contributed by atoms with Gasteiger partial charge in [0.1, 0.15) is 5.82 Å². The first-order valence-electron chi connectivity index (χ1n) is 8.39. The number of rotatable bonds is 4. The molecular formula is C18H25FN2O2. The molecule has 3 rings (SSSR count). The Labute approximate surface area is 137 Å². The number of carbonyl (C=O) groups is 1. The van der Waals surface area contributed by atoms with E-state index < -0.39 is 0 Å². The van der Waals surface area contributed by atoms with Crippen molar-refractivity contribution in [2.75, 3.05) is 33.3 Å². The van der Waals surface area contributed by atoms with Crippen LogP contribution >= 0.6 is 0 Å². The van der Waals surface area contributed by atoms with Crippen molar-refractivity contribution in [1.29, 1.82) is 0 Å². The number of likely N-dealkylation sites (tertiary alicyclic amines) is 1. The molecular weight excluding hydrogens is 295 g/mol. The lowest BCUT2D eigenvalue weighted by atomic mass is 9.76. The number of hydrogen-bond donors (Lipinski definition) is 1. The summed E-state index contributed by atoms with van der Waals surface area (Å²) in [4.78, 5) is 13.9. The third-order valence-corrected chi connectivity index (χ3v) is 5.17. The first kappa shape index (κ1) is 16.4. The van der Waals surface area contributed by atoms with E-state index in [-0.39, 0.29) is 23.2 Å². The zero-order valence-corrected chi connectivity index (χ0v) is 13.7.